The third-order valence-electron chi connectivity index (χ3n) is 2.56. The van der Waals surface area contributed by atoms with Crippen molar-refractivity contribution in [3.8, 4) is 5.75 Å². The summed E-state index contributed by atoms with van der Waals surface area (Å²) in [4.78, 5) is 10.9. The van der Waals surface area contributed by atoms with Gasteiger partial charge in [-0.3, -0.25) is 0 Å². The minimum absolute atomic E-state index is 0.0241. The summed E-state index contributed by atoms with van der Waals surface area (Å²) in [7, 11) is 0. The SMILES string of the molecule is O=C(O)c1ccc(I)c(OCc2ccc(F)c(F)c2)c1. The fraction of sp³-hybridized carbons (Fsp3) is 0.0714. The van der Waals surface area contributed by atoms with Gasteiger partial charge >= 0.3 is 5.97 Å². The number of carbonyl (C=O) groups is 1. The van der Waals surface area contributed by atoms with Gasteiger partial charge in [-0.2, -0.15) is 0 Å². The Hall–Kier alpha value is -1.70. The normalized spacial score (nSPS) is 10.3. The smallest absolute Gasteiger partial charge is 0.335 e. The molecule has 0 aliphatic carbocycles. The average Bonchev–Trinajstić information content (AvgIpc) is 2.41. The number of benzene rings is 2. The van der Waals surface area contributed by atoms with E-state index in [1.54, 1.807) is 6.07 Å². The van der Waals surface area contributed by atoms with Crippen LogP contribution in [0.2, 0.25) is 0 Å². The molecule has 20 heavy (non-hydrogen) atoms. The van der Waals surface area contributed by atoms with Crippen LogP contribution in [0.15, 0.2) is 36.4 Å². The number of hydrogen-bond acceptors (Lipinski definition) is 2. The van der Waals surface area contributed by atoms with Crippen molar-refractivity contribution in [1.82, 2.24) is 0 Å². The van der Waals surface area contributed by atoms with Crippen LogP contribution >= 0.6 is 22.6 Å². The molecule has 3 nitrogen and oxygen atoms in total. The van der Waals surface area contributed by atoms with Gasteiger partial charge in [0.1, 0.15) is 12.4 Å². The molecular formula is C14H9F2IO3. The van der Waals surface area contributed by atoms with Crippen LogP contribution in [0, 0.1) is 15.2 Å². The van der Waals surface area contributed by atoms with E-state index in [1.807, 2.05) is 22.6 Å². The zero-order chi connectivity index (χ0) is 14.7. The minimum Gasteiger partial charge on any atom is -0.488 e. The van der Waals surface area contributed by atoms with E-state index >= 15 is 0 Å². The van der Waals surface area contributed by atoms with Crippen LogP contribution in [-0.2, 0) is 6.61 Å². The Labute approximate surface area is 127 Å². The lowest BCUT2D eigenvalue weighted by Crippen LogP contribution is -2.01. The van der Waals surface area contributed by atoms with Crippen LogP contribution in [0.3, 0.4) is 0 Å². The highest BCUT2D eigenvalue weighted by molar-refractivity contribution is 14.1. The van der Waals surface area contributed by atoms with Crippen molar-refractivity contribution in [2.75, 3.05) is 0 Å². The molecule has 0 saturated carbocycles. The molecule has 1 N–H and O–H groups in total. The van der Waals surface area contributed by atoms with Crippen LogP contribution in [0.25, 0.3) is 0 Å². The maximum Gasteiger partial charge on any atom is 0.335 e. The highest BCUT2D eigenvalue weighted by Crippen LogP contribution is 2.23. The standard InChI is InChI=1S/C14H9F2IO3/c15-10-3-1-8(5-11(10)16)7-20-13-6-9(14(18)19)2-4-12(13)17/h1-6H,7H2,(H,18,19). The molecule has 0 heterocycles. The first kappa shape index (κ1) is 14.7. The monoisotopic (exact) mass is 390 g/mol. The van der Waals surface area contributed by atoms with E-state index in [2.05, 4.69) is 0 Å². The molecule has 2 rings (SSSR count). The summed E-state index contributed by atoms with van der Waals surface area (Å²) >= 11 is 2.00. The van der Waals surface area contributed by atoms with E-state index in [0.29, 0.717) is 11.3 Å². The summed E-state index contributed by atoms with van der Waals surface area (Å²) in [5.41, 5.74) is 0.561. The van der Waals surface area contributed by atoms with Crippen molar-refractivity contribution in [1.29, 1.82) is 0 Å². The molecule has 0 aromatic heterocycles. The first-order valence-corrected chi connectivity index (χ1v) is 6.65. The van der Waals surface area contributed by atoms with E-state index in [9.17, 15) is 13.6 Å². The Bertz CT molecular complexity index is 659. The number of rotatable bonds is 4. The van der Waals surface area contributed by atoms with E-state index in [1.165, 1.54) is 18.2 Å². The summed E-state index contributed by atoms with van der Waals surface area (Å²) in [5.74, 6) is -2.54. The largest absolute Gasteiger partial charge is 0.488 e. The number of hydrogen-bond donors (Lipinski definition) is 1. The Morgan fingerprint density at radius 2 is 1.90 bits per heavy atom. The highest BCUT2D eigenvalue weighted by atomic mass is 127. The zero-order valence-electron chi connectivity index (χ0n) is 10.1. The summed E-state index contributed by atoms with van der Waals surface area (Å²) in [6.45, 7) is 0.0241. The number of carboxylic acids is 1. The number of halogens is 3. The second-order valence-corrected chi connectivity index (χ2v) is 5.15. The van der Waals surface area contributed by atoms with Gasteiger partial charge in [-0.25, -0.2) is 13.6 Å². The molecule has 0 bridgehead atoms. The fourth-order valence-electron chi connectivity index (χ4n) is 1.54. The Morgan fingerprint density at radius 3 is 2.55 bits per heavy atom. The molecular weight excluding hydrogens is 381 g/mol. The maximum atomic E-state index is 13.0. The molecule has 0 aliphatic heterocycles. The molecule has 0 unspecified atom stereocenters. The second-order valence-electron chi connectivity index (χ2n) is 3.99. The lowest BCUT2D eigenvalue weighted by molar-refractivity contribution is 0.0696. The average molecular weight is 390 g/mol. The molecule has 0 atom stereocenters. The van der Waals surface area contributed by atoms with Gasteiger partial charge in [0.15, 0.2) is 11.6 Å². The summed E-state index contributed by atoms with van der Waals surface area (Å²) in [6, 6.07) is 7.95. The second kappa shape index (κ2) is 6.17. The number of carboxylic acid groups (broad SMARTS) is 1. The molecule has 0 saturated heterocycles. The van der Waals surface area contributed by atoms with Crippen molar-refractivity contribution < 1.29 is 23.4 Å². The van der Waals surface area contributed by atoms with E-state index < -0.39 is 17.6 Å². The van der Waals surface area contributed by atoms with Crippen molar-refractivity contribution in [2.24, 2.45) is 0 Å². The lowest BCUT2D eigenvalue weighted by Gasteiger charge is -2.09. The molecule has 104 valence electrons. The molecule has 6 heteroatoms. The molecule has 0 aliphatic rings. The molecule has 0 amide bonds. The van der Waals surface area contributed by atoms with Gasteiger partial charge < -0.3 is 9.84 Å². The Kier molecular flexibility index (Phi) is 4.53. The summed E-state index contributed by atoms with van der Waals surface area (Å²) < 4.78 is 32.0. The third-order valence-corrected chi connectivity index (χ3v) is 3.45. The van der Waals surface area contributed by atoms with Crippen LogP contribution in [0.4, 0.5) is 8.78 Å². The van der Waals surface area contributed by atoms with Crippen LogP contribution in [0.1, 0.15) is 15.9 Å². The minimum atomic E-state index is -1.06. The molecule has 0 spiro atoms. The van der Waals surface area contributed by atoms with Gasteiger partial charge in [-0.15, -0.1) is 0 Å². The zero-order valence-corrected chi connectivity index (χ0v) is 12.2. The lowest BCUT2D eigenvalue weighted by atomic mass is 10.2. The van der Waals surface area contributed by atoms with Gasteiger partial charge in [0.05, 0.1) is 9.13 Å². The number of ether oxygens (including phenoxy) is 1. The summed E-state index contributed by atoms with van der Waals surface area (Å²) in [5, 5.41) is 8.90. The first-order valence-electron chi connectivity index (χ1n) is 5.57. The van der Waals surface area contributed by atoms with Crippen LogP contribution in [-0.4, -0.2) is 11.1 Å². The van der Waals surface area contributed by atoms with Crippen LogP contribution < -0.4 is 4.74 Å². The molecule has 0 radical (unpaired) electrons. The van der Waals surface area contributed by atoms with E-state index in [4.69, 9.17) is 9.84 Å². The van der Waals surface area contributed by atoms with Gasteiger partial charge in [-0.05, 0) is 58.5 Å². The number of aromatic carboxylic acids is 1. The third kappa shape index (κ3) is 3.44. The van der Waals surface area contributed by atoms with Crippen molar-refractivity contribution >= 4 is 28.6 Å². The fourth-order valence-corrected chi connectivity index (χ4v) is 2.03. The molecule has 2 aromatic carbocycles. The van der Waals surface area contributed by atoms with Crippen molar-refractivity contribution in [3.63, 3.8) is 0 Å². The predicted molar refractivity (Wildman–Crippen MR) is 76.8 cm³/mol. The topological polar surface area (TPSA) is 46.5 Å². The predicted octanol–water partition coefficient (Wildman–Crippen LogP) is 3.85. The van der Waals surface area contributed by atoms with Gasteiger partial charge in [0.25, 0.3) is 0 Å². The molecule has 0 fully saturated rings. The summed E-state index contributed by atoms with van der Waals surface area (Å²) in [6.07, 6.45) is 0. The van der Waals surface area contributed by atoms with Gasteiger partial charge in [0, 0.05) is 0 Å². The molecule has 2 aromatic rings. The van der Waals surface area contributed by atoms with E-state index in [-0.39, 0.29) is 12.2 Å². The van der Waals surface area contributed by atoms with Crippen molar-refractivity contribution in [3.05, 3.63) is 62.7 Å². The Morgan fingerprint density at radius 1 is 1.15 bits per heavy atom. The van der Waals surface area contributed by atoms with Gasteiger partial charge in [-0.1, -0.05) is 6.07 Å². The quantitative estimate of drug-likeness (QED) is 0.808. The maximum absolute atomic E-state index is 13.0. The first-order chi connectivity index (χ1) is 9.47. The van der Waals surface area contributed by atoms with E-state index in [0.717, 1.165) is 15.7 Å². The van der Waals surface area contributed by atoms with Crippen molar-refractivity contribution in [2.45, 2.75) is 6.61 Å². The van der Waals surface area contributed by atoms with Gasteiger partial charge in [0.2, 0.25) is 0 Å². The Balaban J connectivity index is 2.15. The highest BCUT2D eigenvalue weighted by Gasteiger charge is 2.09. The van der Waals surface area contributed by atoms with Crippen LogP contribution in [0.5, 0.6) is 5.75 Å².